The van der Waals surface area contributed by atoms with Crippen molar-refractivity contribution in [3.8, 4) is 22.3 Å². The molecule has 0 unspecified atom stereocenters. The lowest BCUT2D eigenvalue weighted by Crippen LogP contribution is -2.34. The molecular weight excluding hydrogens is 484 g/mol. The summed E-state index contributed by atoms with van der Waals surface area (Å²) < 4.78 is 1.10. The average Bonchev–Trinajstić information content (AvgIpc) is 2.97. The zero-order valence-corrected chi connectivity index (χ0v) is 20.2. The number of fused-ring (bicyclic) bond motifs is 11. The molecule has 2 heteroatoms. The summed E-state index contributed by atoms with van der Waals surface area (Å²) >= 11 is 5.70. The van der Waals surface area contributed by atoms with Crippen LogP contribution >= 0.6 is 27.7 Å². The highest BCUT2D eigenvalue weighted by atomic mass is 79.9. The lowest BCUT2D eigenvalue weighted by Gasteiger charge is -2.42. The Morgan fingerprint density at radius 3 is 1.58 bits per heavy atom. The van der Waals surface area contributed by atoms with E-state index in [1.54, 1.807) is 0 Å². The van der Waals surface area contributed by atoms with E-state index in [1.807, 2.05) is 11.8 Å². The summed E-state index contributed by atoms with van der Waals surface area (Å²) in [6.45, 7) is 0. The van der Waals surface area contributed by atoms with Crippen molar-refractivity contribution in [1.29, 1.82) is 0 Å². The Morgan fingerprint density at radius 2 is 0.939 bits per heavy atom. The van der Waals surface area contributed by atoms with Gasteiger partial charge in [-0.3, -0.25) is 0 Å². The molecule has 2 aliphatic rings. The van der Waals surface area contributed by atoms with E-state index in [4.69, 9.17) is 0 Å². The van der Waals surface area contributed by atoms with Gasteiger partial charge in [-0.2, -0.15) is 0 Å². The van der Waals surface area contributed by atoms with Crippen LogP contribution in [0, 0.1) is 0 Å². The molecule has 0 saturated heterocycles. The number of hydrogen-bond donors (Lipinski definition) is 0. The van der Waals surface area contributed by atoms with E-state index in [-0.39, 0.29) is 0 Å². The molecule has 156 valence electrons. The highest BCUT2D eigenvalue weighted by Gasteiger charge is 2.48. The van der Waals surface area contributed by atoms with E-state index in [0.29, 0.717) is 0 Å². The summed E-state index contributed by atoms with van der Waals surface area (Å²) in [4.78, 5) is 2.64. The van der Waals surface area contributed by atoms with Crippen molar-refractivity contribution in [2.24, 2.45) is 0 Å². The van der Waals surface area contributed by atoms with E-state index in [1.165, 1.54) is 54.3 Å². The monoisotopic (exact) mass is 502 g/mol. The standard InChI is InChI=1S/C31H19BrS/c32-20-17-18-24-22-10-2-1-9-21(22)23-11-3-4-12-25(23)31(28(24)19-20)26-13-5-7-15-29(26)33-30-16-8-6-14-27(30)31/h1-19H. The molecule has 5 aromatic rings. The molecule has 1 spiro atoms. The minimum Gasteiger partial charge on any atom is -0.0894 e. The first kappa shape index (κ1) is 19.4. The Balaban J connectivity index is 1.78. The van der Waals surface area contributed by atoms with Gasteiger partial charge in [-0.1, -0.05) is 119 Å². The Bertz CT molecular complexity index is 1520. The van der Waals surface area contributed by atoms with Gasteiger partial charge in [-0.05, 0) is 68.8 Å². The average molecular weight is 503 g/mol. The molecule has 5 aromatic carbocycles. The van der Waals surface area contributed by atoms with Crippen LogP contribution in [0.5, 0.6) is 0 Å². The van der Waals surface area contributed by atoms with Crippen LogP contribution < -0.4 is 0 Å². The first-order valence-corrected chi connectivity index (χ1v) is 12.8. The van der Waals surface area contributed by atoms with Gasteiger partial charge in [-0.15, -0.1) is 0 Å². The molecule has 0 radical (unpaired) electrons. The van der Waals surface area contributed by atoms with Gasteiger partial charge in [0.2, 0.25) is 0 Å². The SMILES string of the molecule is Brc1ccc2c(c1)C1(c3ccccc3Sc3ccccc31)c1ccccc1-c1ccccc1-2. The largest absolute Gasteiger partial charge is 0.0894 e. The van der Waals surface area contributed by atoms with Crippen molar-refractivity contribution >= 4 is 27.7 Å². The van der Waals surface area contributed by atoms with Crippen molar-refractivity contribution in [2.75, 3.05) is 0 Å². The zero-order chi connectivity index (χ0) is 22.0. The molecule has 33 heavy (non-hydrogen) atoms. The van der Waals surface area contributed by atoms with Crippen LogP contribution in [0.15, 0.2) is 130 Å². The first-order valence-electron chi connectivity index (χ1n) is 11.1. The normalized spacial score (nSPS) is 14.3. The van der Waals surface area contributed by atoms with E-state index in [2.05, 4.69) is 131 Å². The Labute approximate surface area is 206 Å². The summed E-state index contributed by atoms with van der Waals surface area (Å²) in [6, 6.07) is 42.6. The second kappa shape index (κ2) is 7.21. The molecule has 1 aliphatic heterocycles. The van der Waals surface area contributed by atoms with Gasteiger partial charge in [0.15, 0.2) is 0 Å². The number of halogens is 1. The predicted octanol–water partition coefficient (Wildman–Crippen LogP) is 8.94. The Morgan fingerprint density at radius 1 is 0.455 bits per heavy atom. The molecule has 0 saturated carbocycles. The molecule has 0 N–H and O–H groups in total. The smallest absolute Gasteiger partial charge is 0.0735 e. The highest BCUT2D eigenvalue weighted by molar-refractivity contribution is 9.10. The van der Waals surface area contributed by atoms with Crippen molar-refractivity contribution in [3.05, 3.63) is 142 Å². The number of hydrogen-bond acceptors (Lipinski definition) is 1. The maximum Gasteiger partial charge on any atom is 0.0735 e. The first-order chi connectivity index (χ1) is 16.3. The summed E-state index contributed by atoms with van der Waals surface area (Å²) in [5.41, 5.74) is 10.1. The maximum absolute atomic E-state index is 3.82. The molecule has 0 nitrogen and oxygen atoms in total. The second-order valence-electron chi connectivity index (χ2n) is 8.63. The van der Waals surface area contributed by atoms with Crippen molar-refractivity contribution in [3.63, 3.8) is 0 Å². The number of rotatable bonds is 0. The zero-order valence-electron chi connectivity index (χ0n) is 17.8. The summed E-state index contributed by atoms with van der Waals surface area (Å²) in [6.07, 6.45) is 0. The third kappa shape index (κ3) is 2.59. The van der Waals surface area contributed by atoms with Crippen LogP contribution in [0.25, 0.3) is 22.3 Å². The fourth-order valence-corrected chi connectivity index (χ4v) is 7.33. The maximum atomic E-state index is 3.82. The third-order valence-electron chi connectivity index (χ3n) is 7.03. The van der Waals surface area contributed by atoms with E-state index in [0.717, 1.165) is 4.47 Å². The molecular formula is C31H19BrS. The molecule has 0 amide bonds. The van der Waals surface area contributed by atoms with Crippen LogP contribution in [-0.4, -0.2) is 0 Å². The van der Waals surface area contributed by atoms with Crippen LogP contribution in [0.2, 0.25) is 0 Å². The fraction of sp³-hybridized carbons (Fsp3) is 0.0323. The molecule has 0 fully saturated rings. The summed E-state index contributed by atoms with van der Waals surface area (Å²) in [5, 5.41) is 0. The molecule has 1 aliphatic carbocycles. The molecule has 0 bridgehead atoms. The Kier molecular flexibility index (Phi) is 4.24. The van der Waals surface area contributed by atoms with Crippen LogP contribution in [-0.2, 0) is 5.41 Å². The van der Waals surface area contributed by atoms with Crippen LogP contribution in [0.1, 0.15) is 22.3 Å². The lowest BCUT2D eigenvalue weighted by atomic mass is 9.63. The molecule has 0 aromatic heterocycles. The highest BCUT2D eigenvalue weighted by Crippen LogP contribution is 2.60. The Hall–Kier alpha value is -3.07. The minimum atomic E-state index is -0.410. The van der Waals surface area contributed by atoms with E-state index >= 15 is 0 Å². The van der Waals surface area contributed by atoms with Gasteiger partial charge in [0.1, 0.15) is 0 Å². The van der Waals surface area contributed by atoms with Crippen molar-refractivity contribution in [2.45, 2.75) is 15.2 Å². The molecule has 0 atom stereocenters. The van der Waals surface area contributed by atoms with E-state index < -0.39 is 5.41 Å². The van der Waals surface area contributed by atoms with Crippen molar-refractivity contribution in [1.82, 2.24) is 0 Å². The topological polar surface area (TPSA) is 0 Å². The molecule has 7 rings (SSSR count). The quantitative estimate of drug-likeness (QED) is 0.199. The van der Waals surface area contributed by atoms with Gasteiger partial charge in [0.05, 0.1) is 5.41 Å². The van der Waals surface area contributed by atoms with Crippen LogP contribution in [0.3, 0.4) is 0 Å². The summed E-state index contributed by atoms with van der Waals surface area (Å²) in [5.74, 6) is 0. The summed E-state index contributed by atoms with van der Waals surface area (Å²) in [7, 11) is 0. The minimum absolute atomic E-state index is 0.410. The second-order valence-corrected chi connectivity index (χ2v) is 10.6. The fourth-order valence-electron chi connectivity index (χ4n) is 5.78. The van der Waals surface area contributed by atoms with Gasteiger partial charge in [0.25, 0.3) is 0 Å². The number of benzene rings is 5. The predicted molar refractivity (Wildman–Crippen MR) is 141 cm³/mol. The van der Waals surface area contributed by atoms with Crippen molar-refractivity contribution < 1.29 is 0 Å². The third-order valence-corrected chi connectivity index (χ3v) is 8.67. The molecule has 1 heterocycles. The van der Waals surface area contributed by atoms with Gasteiger partial charge in [0, 0.05) is 14.3 Å². The van der Waals surface area contributed by atoms with E-state index in [9.17, 15) is 0 Å². The lowest BCUT2D eigenvalue weighted by molar-refractivity contribution is 0.707. The van der Waals surface area contributed by atoms with Gasteiger partial charge >= 0.3 is 0 Å². The van der Waals surface area contributed by atoms with Crippen LogP contribution in [0.4, 0.5) is 0 Å². The van der Waals surface area contributed by atoms with Gasteiger partial charge in [-0.25, -0.2) is 0 Å². The van der Waals surface area contributed by atoms with Gasteiger partial charge < -0.3 is 0 Å².